The van der Waals surface area contributed by atoms with E-state index in [1.165, 1.54) is 20.8 Å². The second kappa shape index (κ2) is 14.7. The first-order valence-corrected chi connectivity index (χ1v) is 16.4. The molecule has 1 heterocycles. The summed E-state index contributed by atoms with van der Waals surface area (Å²) < 4.78 is 2.18. The maximum atomic E-state index is 13.6. The van der Waals surface area contributed by atoms with Crippen molar-refractivity contribution in [3.05, 3.63) is 118 Å². The maximum Gasteiger partial charge on any atom is 0.331 e. The Balaban J connectivity index is 1.66. The van der Waals surface area contributed by atoms with Gasteiger partial charge >= 0.3 is 11.9 Å². The quantitative estimate of drug-likeness (QED) is 0.0648. The van der Waals surface area contributed by atoms with Crippen LogP contribution in [0.3, 0.4) is 0 Å². The van der Waals surface area contributed by atoms with Crippen LogP contribution in [0.1, 0.15) is 98.1 Å². The summed E-state index contributed by atoms with van der Waals surface area (Å²) in [5.74, 6) is -1.52. The van der Waals surface area contributed by atoms with Crippen molar-refractivity contribution in [1.82, 2.24) is 9.63 Å². The molecular formula is C40H41N3O6. The van der Waals surface area contributed by atoms with Gasteiger partial charge < -0.3 is 14.2 Å². The Bertz CT molecular complexity index is 2090. The topological polar surface area (TPSA) is 107 Å². The summed E-state index contributed by atoms with van der Waals surface area (Å²) in [6.07, 6.45) is 0.0517. The minimum atomic E-state index is -0.789. The van der Waals surface area contributed by atoms with Crippen molar-refractivity contribution >= 4 is 51.1 Å². The van der Waals surface area contributed by atoms with Crippen molar-refractivity contribution in [2.24, 2.45) is 5.16 Å². The molecule has 252 valence electrons. The van der Waals surface area contributed by atoms with Crippen LogP contribution >= 0.6 is 0 Å². The van der Waals surface area contributed by atoms with Gasteiger partial charge in [-0.15, -0.1) is 0 Å². The van der Waals surface area contributed by atoms with Crippen LogP contribution in [0.15, 0.2) is 90.1 Å². The molecule has 9 heteroatoms. The first kappa shape index (κ1) is 34.8. The highest BCUT2D eigenvalue weighted by molar-refractivity contribution is 6.16. The molecule has 0 spiro atoms. The van der Waals surface area contributed by atoms with E-state index in [0.717, 1.165) is 38.0 Å². The van der Waals surface area contributed by atoms with Crippen LogP contribution in [0.4, 0.5) is 0 Å². The largest absolute Gasteiger partial charge is 0.341 e. The number of aromatic nitrogens is 1. The van der Waals surface area contributed by atoms with E-state index in [2.05, 4.69) is 30.5 Å². The molecule has 0 fully saturated rings. The molecule has 0 saturated heterocycles. The number of ketones is 1. The van der Waals surface area contributed by atoms with E-state index >= 15 is 0 Å². The first-order valence-electron chi connectivity index (χ1n) is 16.4. The molecule has 1 unspecified atom stereocenters. The van der Waals surface area contributed by atoms with Crippen LogP contribution in [-0.4, -0.2) is 39.0 Å². The first-order chi connectivity index (χ1) is 23.4. The average Bonchev–Trinajstić information content (AvgIpc) is 3.39. The number of hydroxylamine groups is 2. The third-order valence-corrected chi connectivity index (χ3v) is 8.65. The summed E-state index contributed by atoms with van der Waals surface area (Å²) in [5.41, 5.74) is 6.85. The van der Waals surface area contributed by atoms with Gasteiger partial charge in [-0.25, -0.2) is 4.79 Å². The lowest BCUT2D eigenvalue weighted by molar-refractivity contribution is -0.204. The number of aryl methyl sites for hydroxylation is 2. The number of fused-ring (bicyclic) bond motifs is 3. The molecule has 1 aromatic heterocycles. The summed E-state index contributed by atoms with van der Waals surface area (Å²) in [6.45, 7) is 12.7. The van der Waals surface area contributed by atoms with Crippen LogP contribution in [0.5, 0.6) is 0 Å². The number of oxime groups is 1. The van der Waals surface area contributed by atoms with Crippen LogP contribution < -0.4 is 0 Å². The number of carbonyl (C=O) groups excluding carboxylic acids is 4. The molecule has 5 aromatic rings. The molecule has 1 atom stereocenters. The van der Waals surface area contributed by atoms with Gasteiger partial charge in [0.05, 0.1) is 5.71 Å². The highest BCUT2D eigenvalue weighted by Gasteiger charge is 2.29. The van der Waals surface area contributed by atoms with Crippen LogP contribution in [0.2, 0.25) is 0 Å². The zero-order valence-corrected chi connectivity index (χ0v) is 28.9. The van der Waals surface area contributed by atoms with E-state index in [1.54, 1.807) is 0 Å². The molecular weight excluding hydrogens is 618 g/mol. The van der Waals surface area contributed by atoms with Gasteiger partial charge in [0.2, 0.25) is 0 Å². The summed E-state index contributed by atoms with van der Waals surface area (Å²) in [6, 6.07) is 26.0. The van der Waals surface area contributed by atoms with Crippen molar-refractivity contribution in [3.63, 3.8) is 0 Å². The van der Waals surface area contributed by atoms with Gasteiger partial charge in [0.1, 0.15) is 6.04 Å². The summed E-state index contributed by atoms with van der Waals surface area (Å²) in [5, 5.41) is 7.07. The molecule has 4 aromatic carbocycles. The smallest absolute Gasteiger partial charge is 0.331 e. The number of carbonyl (C=O) groups is 4. The summed E-state index contributed by atoms with van der Waals surface area (Å²) in [4.78, 5) is 61.3. The second-order valence-corrected chi connectivity index (χ2v) is 12.4. The van der Waals surface area contributed by atoms with Gasteiger partial charge in [0, 0.05) is 72.2 Å². The highest BCUT2D eigenvalue weighted by Crippen LogP contribution is 2.34. The lowest BCUT2D eigenvalue weighted by atomic mass is 9.93. The fourth-order valence-corrected chi connectivity index (χ4v) is 6.18. The van der Waals surface area contributed by atoms with Gasteiger partial charge in [-0.1, -0.05) is 73.6 Å². The second-order valence-electron chi connectivity index (χ2n) is 12.4. The van der Waals surface area contributed by atoms with Gasteiger partial charge in [0.25, 0.3) is 5.91 Å². The highest BCUT2D eigenvalue weighted by atomic mass is 16.7. The lowest BCUT2D eigenvalue weighted by Gasteiger charge is -2.29. The number of rotatable bonds is 10. The van der Waals surface area contributed by atoms with Gasteiger partial charge in [-0.2, -0.15) is 5.06 Å². The minimum absolute atomic E-state index is 0.0517. The standard InChI is InChI=1S/C40H41N3O6/c1-8-42-37-19-17-31(21-34(37)35-22-32(18-20-38(35)42)40(47)33-12-10-9-11-25(33)4)36(41-48-27(6)45)23-39(43(26(5)44)49-28(7)46)30-15-13-29(14-16-30)24(2)3/h9-22,24,39H,8,23H2,1-7H3/b41-36+. The van der Waals surface area contributed by atoms with E-state index in [1.807, 2.05) is 91.9 Å². The molecule has 9 nitrogen and oxygen atoms in total. The Hall–Kier alpha value is -5.57. The Labute approximate surface area is 286 Å². The van der Waals surface area contributed by atoms with Gasteiger partial charge in [-0.05, 0) is 66.8 Å². The molecule has 0 saturated carbocycles. The fraction of sp³-hybridized carbons (Fsp3) is 0.275. The van der Waals surface area contributed by atoms with Crippen molar-refractivity contribution < 1.29 is 28.9 Å². The van der Waals surface area contributed by atoms with Crippen molar-refractivity contribution in [3.8, 4) is 0 Å². The predicted octanol–water partition coefficient (Wildman–Crippen LogP) is 8.20. The molecule has 0 N–H and O–H groups in total. The predicted molar refractivity (Wildman–Crippen MR) is 190 cm³/mol. The van der Waals surface area contributed by atoms with Crippen molar-refractivity contribution in [2.75, 3.05) is 0 Å². The molecule has 0 aliphatic carbocycles. The monoisotopic (exact) mass is 659 g/mol. The Morgan fingerprint density at radius 2 is 1.37 bits per heavy atom. The van der Waals surface area contributed by atoms with Crippen LogP contribution in [0, 0.1) is 6.92 Å². The SMILES string of the molecule is CCn1c2ccc(C(=O)c3ccccc3C)cc2c2cc(/C(CC(c3ccc(C(C)C)cc3)N(OC(C)=O)C(C)=O)=N/OC(C)=O)ccc21. The number of hydrogen-bond donors (Lipinski definition) is 0. The van der Waals surface area contributed by atoms with Crippen LogP contribution in [-0.2, 0) is 30.6 Å². The van der Waals surface area contributed by atoms with E-state index < -0.39 is 23.9 Å². The maximum absolute atomic E-state index is 13.6. The summed E-state index contributed by atoms with van der Waals surface area (Å²) >= 11 is 0. The zero-order valence-electron chi connectivity index (χ0n) is 28.9. The molecule has 0 aliphatic rings. The normalized spacial score (nSPS) is 12.3. The van der Waals surface area contributed by atoms with Gasteiger partial charge in [-0.3, -0.25) is 14.4 Å². The van der Waals surface area contributed by atoms with E-state index in [0.29, 0.717) is 34.5 Å². The summed E-state index contributed by atoms with van der Waals surface area (Å²) in [7, 11) is 0. The number of amides is 1. The average molecular weight is 660 g/mol. The molecule has 1 amide bonds. The molecule has 0 aliphatic heterocycles. The minimum Gasteiger partial charge on any atom is -0.341 e. The Morgan fingerprint density at radius 3 is 1.92 bits per heavy atom. The number of hydrogen-bond acceptors (Lipinski definition) is 7. The van der Waals surface area contributed by atoms with E-state index in [4.69, 9.17) is 9.68 Å². The third kappa shape index (κ3) is 7.46. The number of nitrogens with zero attached hydrogens (tertiary/aromatic N) is 3. The molecule has 5 rings (SSSR count). The van der Waals surface area contributed by atoms with Crippen molar-refractivity contribution in [1.29, 1.82) is 0 Å². The van der Waals surface area contributed by atoms with E-state index in [-0.39, 0.29) is 18.1 Å². The van der Waals surface area contributed by atoms with Crippen molar-refractivity contribution in [2.45, 2.75) is 73.4 Å². The molecule has 0 bridgehead atoms. The zero-order chi connectivity index (χ0) is 35.4. The fourth-order valence-electron chi connectivity index (χ4n) is 6.18. The molecule has 49 heavy (non-hydrogen) atoms. The number of benzene rings is 4. The third-order valence-electron chi connectivity index (χ3n) is 8.65. The molecule has 0 radical (unpaired) electrons. The van der Waals surface area contributed by atoms with E-state index in [9.17, 15) is 19.2 Å². The Kier molecular flexibility index (Phi) is 10.4. The lowest BCUT2D eigenvalue weighted by Crippen LogP contribution is -2.36. The van der Waals surface area contributed by atoms with Crippen LogP contribution in [0.25, 0.3) is 21.8 Å². The van der Waals surface area contributed by atoms with Gasteiger partial charge in [0.15, 0.2) is 5.78 Å². The Morgan fingerprint density at radius 1 is 0.776 bits per heavy atom.